The Bertz CT molecular complexity index is 1060. The van der Waals surface area contributed by atoms with Gasteiger partial charge in [0.05, 0.1) is 9.77 Å². The molecule has 2 fully saturated rings. The Labute approximate surface area is 192 Å². The predicted molar refractivity (Wildman–Crippen MR) is 124 cm³/mol. The molecule has 2 aliphatic heterocycles. The third kappa shape index (κ3) is 4.73. The summed E-state index contributed by atoms with van der Waals surface area (Å²) in [5, 5.41) is 4.66. The molecule has 1 aromatic heterocycles. The topological polar surface area (TPSA) is 90.0 Å². The van der Waals surface area contributed by atoms with Gasteiger partial charge in [-0.2, -0.15) is 4.31 Å². The van der Waals surface area contributed by atoms with Crippen LogP contribution in [-0.2, 0) is 14.8 Å². The van der Waals surface area contributed by atoms with E-state index in [4.69, 9.17) is 0 Å². The van der Waals surface area contributed by atoms with E-state index < -0.39 is 16.1 Å². The standard InChI is InChI=1S/C22H28N4O4S2/c1-2-24-11-13-25(14-12-24)32(29,30)18-7-3-6-17(16-18)23-21(27)19-8-4-10-26(19)22(28)20-9-5-15-31-20/h3,5-7,9,15-16,19H,2,4,8,10-14H2,1H3,(H,23,27). The Kier molecular flexibility index (Phi) is 6.94. The summed E-state index contributed by atoms with van der Waals surface area (Å²) in [7, 11) is -3.63. The number of sulfonamides is 1. The van der Waals surface area contributed by atoms with E-state index >= 15 is 0 Å². The zero-order chi connectivity index (χ0) is 22.7. The number of amides is 2. The number of nitrogens with one attached hydrogen (secondary N) is 1. The van der Waals surface area contributed by atoms with E-state index in [2.05, 4.69) is 17.1 Å². The molecule has 1 N–H and O–H groups in total. The van der Waals surface area contributed by atoms with Gasteiger partial charge in [0, 0.05) is 38.4 Å². The lowest BCUT2D eigenvalue weighted by molar-refractivity contribution is -0.119. The highest BCUT2D eigenvalue weighted by Crippen LogP contribution is 2.25. The van der Waals surface area contributed by atoms with E-state index in [1.165, 1.54) is 21.7 Å². The van der Waals surface area contributed by atoms with Gasteiger partial charge in [0.1, 0.15) is 6.04 Å². The molecule has 2 saturated heterocycles. The minimum absolute atomic E-state index is 0.139. The molecule has 2 amide bonds. The van der Waals surface area contributed by atoms with Crippen molar-refractivity contribution in [1.82, 2.24) is 14.1 Å². The van der Waals surface area contributed by atoms with Crippen molar-refractivity contribution in [3.05, 3.63) is 46.7 Å². The summed E-state index contributed by atoms with van der Waals surface area (Å²) in [6.45, 7) is 5.83. The fourth-order valence-corrected chi connectivity index (χ4v) is 6.37. The molecule has 2 aromatic rings. The maximum Gasteiger partial charge on any atom is 0.264 e. The second-order valence-corrected chi connectivity index (χ2v) is 10.9. The Balaban J connectivity index is 1.45. The lowest BCUT2D eigenvalue weighted by Crippen LogP contribution is -2.48. The number of hydrogen-bond acceptors (Lipinski definition) is 6. The molecule has 1 unspecified atom stereocenters. The first-order valence-corrected chi connectivity index (χ1v) is 13.2. The number of hydrogen-bond donors (Lipinski definition) is 1. The van der Waals surface area contributed by atoms with Crippen LogP contribution in [-0.4, -0.2) is 79.6 Å². The van der Waals surface area contributed by atoms with Gasteiger partial charge in [-0.3, -0.25) is 9.59 Å². The summed E-state index contributed by atoms with van der Waals surface area (Å²) in [4.78, 5) is 30.3. The molecule has 2 aliphatic rings. The Morgan fingerprint density at radius 1 is 1.09 bits per heavy atom. The van der Waals surface area contributed by atoms with Crippen LogP contribution < -0.4 is 5.32 Å². The number of thiophene rings is 1. The van der Waals surface area contributed by atoms with Crippen molar-refractivity contribution in [1.29, 1.82) is 0 Å². The zero-order valence-corrected chi connectivity index (χ0v) is 19.7. The third-order valence-electron chi connectivity index (χ3n) is 6.07. The molecule has 4 rings (SSSR count). The first-order valence-electron chi connectivity index (χ1n) is 10.9. The minimum atomic E-state index is -3.63. The van der Waals surface area contributed by atoms with E-state index in [0.29, 0.717) is 49.7 Å². The fourth-order valence-electron chi connectivity index (χ4n) is 4.22. The Morgan fingerprint density at radius 3 is 2.56 bits per heavy atom. The molecule has 0 spiro atoms. The maximum atomic E-state index is 13.1. The minimum Gasteiger partial charge on any atom is -0.326 e. The van der Waals surface area contributed by atoms with Crippen LogP contribution in [0.5, 0.6) is 0 Å². The van der Waals surface area contributed by atoms with Crippen molar-refractivity contribution in [2.75, 3.05) is 44.6 Å². The third-order valence-corrected chi connectivity index (χ3v) is 8.82. The van der Waals surface area contributed by atoms with Crippen molar-refractivity contribution < 1.29 is 18.0 Å². The first kappa shape index (κ1) is 22.9. The average molecular weight is 477 g/mol. The number of benzene rings is 1. The molecule has 0 saturated carbocycles. The lowest BCUT2D eigenvalue weighted by atomic mass is 10.2. The number of piperazine rings is 1. The molecule has 10 heteroatoms. The number of nitrogens with zero attached hydrogens (tertiary/aromatic N) is 3. The van der Waals surface area contributed by atoms with Crippen molar-refractivity contribution in [2.45, 2.75) is 30.7 Å². The van der Waals surface area contributed by atoms with Crippen LogP contribution in [0.1, 0.15) is 29.4 Å². The van der Waals surface area contributed by atoms with E-state index in [1.807, 2.05) is 11.4 Å². The molecule has 0 radical (unpaired) electrons. The largest absolute Gasteiger partial charge is 0.326 e. The van der Waals surface area contributed by atoms with Gasteiger partial charge >= 0.3 is 0 Å². The molecule has 3 heterocycles. The van der Waals surface area contributed by atoms with Crippen LogP contribution in [0.3, 0.4) is 0 Å². The molecule has 172 valence electrons. The molecular formula is C22H28N4O4S2. The van der Waals surface area contributed by atoms with Crippen LogP contribution in [0.25, 0.3) is 0 Å². The van der Waals surface area contributed by atoms with Gasteiger partial charge in [-0.05, 0) is 49.0 Å². The van der Waals surface area contributed by atoms with Crippen LogP contribution in [0.15, 0.2) is 46.7 Å². The molecule has 0 bridgehead atoms. The lowest BCUT2D eigenvalue weighted by Gasteiger charge is -2.33. The Hall–Kier alpha value is -2.27. The smallest absolute Gasteiger partial charge is 0.264 e. The van der Waals surface area contributed by atoms with Gasteiger partial charge in [-0.1, -0.05) is 19.1 Å². The predicted octanol–water partition coefficient (Wildman–Crippen LogP) is 2.32. The molecule has 1 atom stereocenters. The molecule has 1 aromatic carbocycles. The average Bonchev–Trinajstić information content (AvgIpc) is 3.51. The molecule has 32 heavy (non-hydrogen) atoms. The van der Waals surface area contributed by atoms with Crippen LogP contribution >= 0.6 is 11.3 Å². The molecular weight excluding hydrogens is 448 g/mol. The quantitative estimate of drug-likeness (QED) is 0.691. The van der Waals surface area contributed by atoms with E-state index in [1.54, 1.807) is 29.2 Å². The maximum absolute atomic E-state index is 13.1. The SMILES string of the molecule is CCN1CCN(S(=O)(=O)c2cccc(NC(=O)C3CCCN3C(=O)c3cccs3)c2)CC1. The van der Waals surface area contributed by atoms with Gasteiger partial charge in [0.25, 0.3) is 5.91 Å². The van der Waals surface area contributed by atoms with E-state index in [-0.39, 0.29) is 16.7 Å². The zero-order valence-electron chi connectivity index (χ0n) is 18.1. The summed E-state index contributed by atoms with van der Waals surface area (Å²) >= 11 is 1.36. The van der Waals surface area contributed by atoms with Crippen molar-refractivity contribution in [3.63, 3.8) is 0 Å². The van der Waals surface area contributed by atoms with Gasteiger partial charge < -0.3 is 15.1 Å². The van der Waals surface area contributed by atoms with Gasteiger partial charge in [0.2, 0.25) is 15.9 Å². The van der Waals surface area contributed by atoms with Gasteiger partial charge in [0.15, 0.2) is 0 Å². The highest BCUT2D eigenvalue weighted by atomic mass is 32.2. The second-order valence-electron chi connectivity index (χ2n) is 7.99. The number of likely N-dealkylation sites (tertiary alicyclic amines) is 1. The van der Waals surface area contributed by atoms with Crippen molar-refractivity contribution in [2.24, 2.45) is 0 Å². The summed E-state index contributed by atoms with van der Waals surface area (Å²) in [5.74, 6) is -0.432. The summed E-state index contributed by atoms with van der Waals surface area (Å²) < 4.78 is 27.7. The fraction of sp³-hybridized carbons (Fsp3) is 0.455. The van der Waals surface area contributed by atoms with E-state index in [0.717, 1.165) is 13.0 Å². The normalized spacial score (nSPS) is 20.4. The van der Waals surface area contributed by atoms with Crippen LogP contribution in [0, 0.1) is 0 Å². The number of carbonyl (C=O) groups is 2. The number of carbonyl (C=O) groups excluding carboxylic acids is 2. The van der Waals surface area contributed by atoms with Crippen molar-refractivity contribution in [3.8, 4) is 0 Å². The molecule has 0 aliphatic carbocycles. The van der Waals surface area contributed by atoms with Crippen LogP contribution in [0.2, 0.25) is 0 Å². The van der Waals surface area contributed by atoms with E-state index in [9.17, 15) is 18.0 Å². The summed E-state index contributed by atoms with van der Waals surface area (Å²) in [5.41, 5.74) is 0.415. The number of rotatable bonds is 6. The molecule has 8 nitrogen and oxygen atoms in total. The summed E-state index contributed by atoms with van der Waals surface area (Å²) in [6.07, 6.45) is 1.34. The van der Waals surface area contributed by atoms with Gasteiger partial charge in [-0.15, -0.1) is 11.3 Å². The summed E-state index contributed by atoms with van der Waals surface area (Å²) in [6, 6.07) is 9.37. The van der Waals surface area contributed by atoms with Crippen LogP contribution in [0.4, 0.5) is 5.69 Å². The van der Waals surface area contributed by atoms with Crippen molar-refractivity contribution >= 4 is 38.9 Å². The highest BCUT2D eigenvalue weighted by molar-refractivity contribution is 7.89. The monoisotopic (exact) mass is 476 g/mol. The first-order chi connectivity index (χ1) is 15.4. The van der Waals surface area contributed by atoms with Gasteiger partial charge in [-0.25, -0.2) is 8.42 Å². The highest BCUT2D eigenvalue weighted by Gasteiger charge is 2.35. The Morgan fingerprint density at radius 2 is 1.88 bits per heavy atom. The number of anilines is 1. The number of likely N-dealkylation sites (N-methyl/N-ethyl adjacent to an activating group) is 1. The second kappa shape index (κ2) is 9.70.